The molecule has 1 saturated heterocycles. The molecule has 0 unspecified atom stereocenters. The van der Waals surface area contributed by atoms with Gasteiger partial charge in [0.25, 0.3) is 11.5 Å². The van der Waals surface area contributed by atoms with Gasteiger partial charge in [0.05, 0.1) is 16.9 Å². The van der Waals surface area contributed by atoms with Gasteiger partial charge in [0.1, 0.15) is 17.3 Å². The van der Waals surface area contributed by atoms with Crippen molar-refractivity contribution in [1.29, 1.82) is 5.26 Å². The second kappa shape index (κ2) is 10.1. The van der Waals surface area contributed by atoms with Crippen LogP contribution in [0.25, 0.3) is 11.0 Å². The van der Waals surface area contributed by atoms with E-state index in [1.165, 1.54) is 6.07 Å². The summed E-state index contributed by atoms with van der Waals surface area (Å²) in [7, 11) is 0. The van der Waals surface area contributed by atoms with Crippen molar-refractivity contribution >= 4 is 16.9 Å². The average molecular weight is 545 g/mol. The Morgan fingerprint density at radius 3 is 2.60 bits per heavy atom. The third-order valence-electron chi connectivity index (χ3n) is 8.81. The molecule has 208 valence electrons. The Morgan fingerprint density at radius 1 is 1.10 bits per heavy atom. The Morgan fingerprint density at radius 2 is 1.88 bits per heavy atom. The SMILES string of the molecule is Cc1nc2c3cc(C4(C#N)CC4)c(=O)n(c3n1)CC/C=C\CN1CCC(CC1)C(F)(F)c1cccc(c1)[C@@H](C)N2. The predicted molar refractivity (Wildman–Crippen MR) is 150 cm³/mol. The molecule has 1 aliphatic carbocycles. The Bertz CT molecular complexity index is 1580. The minimum atomic E-state index is -2.92. The van der Waals surface area contributed by atoms with Crippen molar-refractivity contribution in [3.8, 4) is 6.07 Å². The number of fused-ring (bicyclic) bond motifs is 6. The molecule has 0 spiro atoms. The van der Waals surface area contributed by atoms with Gasteiger partial charge in [-0.25, -0.2) is 18.7 Å². The number of nitrogens with zero attached hydrogens (tertiary/aromatic N) is 5. The highest BCUT2D eigenvalue weighted by Crippen LogP contribution is 2.47. The maximum Gasteiger partial charge on any atom is 0.276 e. The van der Waals surface area contributed by atoms with Gasteiger partial charge in [0.15, 0.2) is 0 Å². The first kappa shape index (κ1) is 26.6. The topological polar surface area (TPSA) is 86.8 Å². The summed E-state index contributed by atoms with van der Waals surface area (Å²) in [6, 6.07) is 10.5. The van der Waals surface area contributed by atoms with Gasteiger partial charge in [-0.3, -0.25) is 14.3 Å². The maximum absolute atomic E-state index is 15.7. The van der Waals surface area contributed by atoms with Crippen molar-refractivity contribution in [2.45, 2.75) is 69.9 Å². The third-order valence-corrected chi connectivity index (χ3v) is 8.81. The lowest BCUT2D eigenvalue weighted by molar-refractivity contribution is -0.0847. The Balaban J connectivity index is 1.49. The van der Waals surface area contributed by atoms with Crippen LogP contribution in [-0.2, 0) is 17.9 Å². The van der Waals surface area contributed by atoms with E-state index in [1.807, 2.05) is 19.1 Å². The Hall–Kier alpha value is -3.64. The first-order chi connectivity index (χ1) is 19.2. The normalized spacial score (nSPS) is 26.2. The molecule has 5 heterocycles. The first-order valence-electron chi connectivity index (χ1n) is 14.2. The number of hydrogen-bond donors (Lipinski definition) is 1. The van der Waals surface area contributed by atoms with Crippen LogP contribution in [0.2, 0.25) is 0 Å². The maximum atomic E-state index is 15.7. The van der Waals surface area contributed by atoms with Crippen LogP contribution in [0.4, 0.5) is 14.6 Å². The van der Waals surface area contributed by atoms with Crippen LogP contribution in [0.15, 0.2) is 47.3 Å². The lowest BCUT2D eigenvalue weighted by Crippen LogP contribution is -2.39. The van der Waals surface area contributed by atoms with Crippen molar-refractivity contribution in [3.63, 3.8) is 0 Å². The quantitative estimate of drug-likeness (QED) is 0.402. The van der Waals surface area contributed by atoms with E-state index in [2.05, 4.69) is 32.3 Å². The summed E-state index contributed by atoms with van der Waals surface area (Å²) in [4.78, 5) is 25.3. The summed E-state index contributed by atoms with van der Waals surface area (Å²) < 4.78 is 33.1. The van der Waals surface area contributed by atoms with E-state index in [-0.39, 0.29) is 17.2 Å². The van der Waals surface area contributed by atoms with E-state index in [0.29, 0.717) is 86.5 Å². The molecule has 1 N–H and O–H groups in total. The zero-order chi connectivity index (χ0) is 28.1. The number of pyridine rings is 1. The minimum absolute atomic E-state index is 0.0412. The molecule has 1 aromatic carbocycles. The lowest BCUT2D eigenvalue weighted by Gasteiger charge is -2.35. The van der Waals surface area contributed by atoms with Gasteiger partial charge in [0.2, 0.25) is 0 Å². The van der Waals surface area contributed by atoms with Crippen molar-refractivity contribution in [1.82, 2.24) is 19.4 Å². The van der Waals surface area contributed by atoms with E-state index < -0.39 is 17.3 Å². The molecule has 0 radical (unpaired) electrons. The van der Waals surface area contributed by atoms with Gasteiger partial charge in [-0.15, -0.1) is 0 Å². The fourth-order valence-electron chi connectivity index (χ4n) is 6.14. The Labute approximate surface area is 232 Å². The number of piperidine rings is 1. The number of nitrogens with one attached hydrogen (secondary N) is 1. The summed E-state index contributed by atoms with van der Waals surface area (Å²) in [5, 5.41) is 14.0. The second-order valence-corrected chi connectivity index (χ2v) is 11.5. The molecule has 8 bridgehead atoms. The second-order valence-electron chi connectivity index (χ2n) is 11.5. The van der Waals surface area contributed by atoms with E-state index in [1.54, 1.807) is 29.7 Å². The van der Waals surface area contributed by atoms with Crippen LogP contribution in [0, 0.1) is 24.2 Å². The van der Waals surface area contributed by atoms with E-state index in [9.17, 15) is 10.1 Å². The Kier molecular flexibility index (Phi) is 6.70. The standard InChI is InChI=1S/C31H34F2N6O/c1-20-22-7-6-8-24(17-22)31(32,33)23-9-15-38(16-10-23)13-4-3-5-14-39-28-25(27(35-20)36-21(2)37-28)18-26(29(39)40)30(19-34)11-12-30/h3-4,6-8,17-18,20,23H,5,9-16H2,1-2H3,(H,35,36,37)/b4-3-/t20-/m1/s1. The monoisotopic (exact) mass is 544 g/mol. The summed E-state index contributed by atoms with van der Waals surface area (Å²) in [5.74, 6) is -2.59. The minimum Gasteiger partial charge on any atom is -0.363 e. The molecule has 3 aromatic rings. The number of alkyl halides is 2. The van der Waals surface area contributed by atoms with Crippen LogP contribution >= 0.6 is 0 Å². The number of halogens is 2. The number of hydrogen-bond acceptors (Lipinski definition) is 6. The summed E-state index contributed by atoms with van der Waals surface area (Å²) in [5.41, 5.74) is 0.798. The fraction of sp³-hybridized carbons (Fsp3) is 0.484. The van der Waals surface area contributed by atoms with Crippen LogP contribution < -0.4 is 10.9 Å². The van der Waals surface area contributed by atoms with Gasteiger partial charge in [0, 0.05) is 36.2 Å². The third kappa shape index (κ3) is 4.68. The van der Waals surface area contributed by atoms with Gasteiger partial charge < -0.3 is 5.32 Å². The number of allylic oxidation sites excluding steroid dienone is 1. The predicted octanol–water partition coefficient (Wildman–Crippen LogP) is 5.59. The van der Waals surface area contributed by atoms with Gasteiger partial charge in [-0.1, -0.05) is 30.4 Å². The molecule has 2 aromatic heterocycles. The largest absolute Gasteiger partial charge is 0.363 e. The number of rotatable bonds is 1. The molecule has 1 atom stereocenters. The van der Waals surface area contributed by atoms with Crippen LogP contribution in [0.3, 0.4) is 0 Å². The van der Waals surface area contributed by atoms with Crippen LogP contribution in [-0.4, -0.2) is 39.1 Å². The number of benzene rings is 1. The molecule has 9 heteroatoms. The molecule has 3 aliphatic heterocycles. The molecule has 2 fully saturated rings. The first-order valence-corrected chi connectivity index (χ1v) is 14.2. The highest BCUT2D eigenvalue weighted by molar-refractivity contribution is 5.88. The molecule has 7 nitrogen and oxygen atoms in total. The highest BCUT2D eigenvalue weighted by Gasteiger charge is 2.47. The number of anilines is 1. The molecule has 4 aliphatic rings. The van der Waals surface area contributed by atoms with Crippen molar-refractivity contribution < 1.29 is 8.78 Å². The fourth-order valence-corrected chi connectivity index (χ4v) is 6.14. The molecular formula is C31H34F2N6O. The summed E-state index contributed by atoms with van der Waals surface area (Å²) in [6.45, 7) is 6.05. The van der Waals surface area contributed by atoms with E-state index >= 15 is 8.78 Å². The van der Waals surface area contributed by atoms with Crippen LogP contribution in [0.5, 0.6) is 0 Å². The smallest absolute Gasteiger partial charge is 0.276 e. The zero-order valence-electron chi connectivity index (χ0n) is 23.0. The number of aromatic nitrogens is 3. The van der Waals surface area contributed by atoms with Crippen LogP contribution in [0.1, 0.15) is 67.6 Å². The lowest BCUT2D eigenvalue weighted by atomic mass is 9.85. The number of aryl methyl sites for hydroxylation is 2. The summed E-state index contributed by atoms with van der Waals surface area (Å²) >= 11 is 0. The zero-order valence-corrected chi connectivity index (χ0v) is 23.0. The van der Waals surface area contributed by atoms with E-state index in [0.717, 1.165) is 5.56 Å². The van der Waals surface area contributed by atoms with Crippen molar-refractivity contribution in [2.24, 2.45) is 5.92 Å². The molecule has 0 amide bonds. The molecular weight excluding hydrogens is 510 g/mol. The number of nitriles is 1. The van der Waals surface area contributed by atoms with Gasteiger partial charge >= 0.3 is 0 Å². The van der Waals surface area contributed by atoms with Gasteiger partial charge in [-0.2, -0.15) is 5.26 Å². The van der Waals surface area contributed by atoms with Crippen molar-refractivity contribution in [3.05, 3.63) is 75.4 Å². The van der Waals surface area contributed by atoms with Gasteiger partial charge in [-0.05, 0) is 76.7 Å². The summed E-state index contributed by atoms with van der Waals surface area (Å²) in [6.07, 6.45) is 6.89. The van der Waals surface area contributed by atoms with Crippen molar-refractivity contribution in [2.75, 3.05) is 25.0 Å². The molecule has 7 rings (SSSR count). The molecule has 40 heavy (non-hydrogen) atoms. The molecule has 1 saturated carbocycles. The highest BCUT2D eigenvalue weighted by atomic mass is 19.3. The van der Waals surface area contributed by atoms with E-state index in [4.69, 9.17) is 0 Å². The average Bonchev–Trinajstić information content (AvgIpc) is 3.75.